The highest BCUT2D eigenvalue weighted by Crippen LogP contribution is 2.40. The van der Waals surface area contributed by atoms with Gasteiger partial charge in [0.15, 0.2) is 9.84 Å². The van der Waals surface area contributed by atoms with Crippen molar-refractivity contribution in [3.8, 4) is 0 Å². The summed E-state index contributed by atoms with van der Waals surface area (Å²) in [6.07, 6.45) is 3.05. The highest BCUT2D eigenvalue weighted by molar-refractivity contribution is 7.94. The van der Waals surface area contributed by atoms with Crippen LogP contribution >= 0.6 is 0 Å². The first kappa shape index (κ1) is 20.1. The van der Waals surface area contributed by atoms with E-state index in [2.05, 4.69) is 21.6 Å². The van der Waals surface area contributed by atoms with Crippen molar-refractivity contribution >= 4 is 21.8 Å². The van der Waals surface area contributed by atoms with Gasteiger partial charge in [-0.15, -0.1) is 0 Å². The van der Waals surface area contributed by atoms with Gasteiger partial charge in [-0.2, -0.15) is 0 Å². The van der Waals surface area contributed by atoms with E-state index in [1.807, 2.05) is 0 Å². The van der Waals surface area contributed by atoms with Crippen molar-refractivity contribution in [2.24, 2.45) is 0 Å². The second-order valence-electron chi connectivity index (χ2n) is 6.06. The lowest BCUT2D eigenvalue weighted by molar-refractivity contribution is -0.149. The number of carbonyl (C=O) groups excluding carboxylic acids is 2. The van der Waals surface area contributed by atoms with Gasteiger partial charge in [0.1, 0.15) is 5.54 Å². The van der Waals surface area contributed by atoms with Crippen molar-refractivity contribution in [1.82, 2.24) is 10.3 Å². The molecule has 1 aliphatic rings. The highest BCUT2D eigenvalue weighted by atomic mass is 32.2. The van der Waals surface area contributed by atoms with Crippen molar-refractivity contribution in [2.75, 3.05) is 14.2 Å². The molecule has 1 fully saturated rings. The van der Waals surface area contributed by atoms with E-state index in [4.69, 9.17) is 4.74 Å². The van der Waals surface area contributed by atoms with Crippen molar-refractivity contribution in [2.45, 2.75) is 36.1 Å². The molecule has 0 radical (unpaired) electrons. The summed E-state index contributed by atoms with van der Waals surface area (Å²) < 4.78 is 34.6. The molecular weight excluding hydrogens is 360 g/mol. The van der Waals surface area contributed by atoms with Gasteiger partial charge < -0.3 is 9.47 Å². The Balaban J connectivity index is 2.46. The van der Waals surface area contributed by atoms with Crippen LogP contribution in [0.4, 0.5) is 0 Å². The molecule has 1 aliphatic heterocycles. The topological polar surface area (TPSA) is 112 Å². The molecule has 2 rings (SSSR count). The summed E-state index contributed by atoms with van der Waals surface area (Å²) in [5.74, 6) is -1.12. The molecule has 0 saturated carbocycles. The molecule has 26 heavy (non-hydrogen) atoms. The van der Waals surface area contributed by atoms with Crippen LogP contribution in [-0.4, -0.2) is 50.3 Å². The summed E-state index contributed by atoms with van der Waals surface area (Å²) in [6, 6.07) is 2.72. The third-order valence-electron chi connectivity index (χ3n) is 4.61. The van der Waals surface area contributed by atoms with E-state index in [9.17, 15) is 18.0 Å². The Morgan fingerprint density at radius 1 is 1.42 bits per heavy atom. The number of rotatable bonds is 7. The molecule has 0 unspecified atom stereocenters. The van der Waals surface area contributed by atoms with Crippen LogP contribution in [0.5, 0.6) is 0 Å². The number of pyridine rings is 1. The predicted molar refractivity (Wildman–Crippen MR) is 93.6 cm³/mol. The van der Waals surface area contributed by atoms with Crippen LogP contribution in [0.15, 0.2) is 36.5 Å². The summed E-state index contributed by atoms with van der Waals surface area (Å²) in [5, 5.41) is 3.03. The minimum absolute atomic E-state index is 0.0479. The normalized spacial score (nSPS) is 25.5. The van der Waals surface area contributed by atoms with E-state index in [-0.39, 0.29) is 19.3 Å². The summed E-state index contributed by atoms with van der Waals surface area (Å²) >= 11 is 0. The van der Waals surface area contributed by atoms with Gasteiger partial charge in [0.25, 0.3) is 0 Å². The number of ether oxygens (including phenoxy) is 2. The highest BCUT2D eigenvalue weighted by Gasteiger charge is 2.54. The molecule has 1 saturated heterocycles. The van der Waals surface area contributed by atoms with Crippen molar-refractivity contribution in [1.29, 1.82) is 0 Å². The number of hydrogen-bond acceptors (Lipinski definition) is 8. The molecule has 1 aromatic heterocycles. The smallest absolute Gasteiger partial charge is 0.326 e. The Morgan fingerprint density at radius 3 is 2.69 bits per heavy atom. The van der Waals surface area contributed by atoms with Crippen LogP contribution in [0.3, 0.4) is 0 Å². The van der Waals surface area contributed by atoms with Crippen molar-refractivity contribution in [3.05, 3.63) is 42.1 Å². The van der Waals surface area contributed by atoms with Crippen molar-refractivity contribution in [3.63, 3.8) is 0 Å². The Bertz CT molecular complexity index is 780. The number of carbonyl (C=O) groups is 2. The van der Waals surface area contributed by atoms with Gasteiger partial charge in [0.2, 0.25) is 0 Å². The van der Waals surface area contributed by atoms with Crippen LogP contribution in [0.25, 0.3) is 0 Å². The molecule has 0 amide bonds. The van der Waals surface area contributed by atoms with E-state index >= 15 is 0 Å². The number of methoxy groups -OCH3 is 2. The third-order valence-corrected chi connectivity index (χ3v) is 6.36. The number of nitrogens with one attached hydrogen (secondary N) is 1. The van der Waals surface area contributed by atoms with E-state index in [1.54, 1.807) is 18.3 Å². The van der Waals surface area contributed by atoms with Crippen LogP contribution in [0.1, 0.15) is 30.9 Å². The third kappa shape index (κ3) is 3.94. The summed E-state index contributed by atoms with van der Waals surface area (Å²) in [4.78, 5) is 28.1. The second-order valence-corrected chi connectivity index (χ2v) is 8.17. The number of sulfone groups is 1. The predicted octanol–water partition coefficient (Wildman–Crippen LogP) is 0.908. The Morgan fingerprint density at radius 2 is 2.15 bits per heavy atom. The first-order chi connectivity index (χ1) is 12.3. The lowest BCUT2D eigenvalue weighted by Crippen LogP contribution is -2.49. The quantitative estimate of drug-likeness (QED) is 0.693. The van der Waals surface area contributed by atoms with Gasteiger partial charge in [0.05, 0.1) is 25.5 Å². The standard InChI is InChI=1S/C17H22N2O6S/c1-4-26(22,23)13-10-17(16(21)25-3,8-7-14(20)24-2)19-15(13)12-6-5-9-18-11-12/h4-6,9,11,13,15,19H,1,7-8,10H2,2-3H3/t13-,15-,17-/m0/s1. The zero-order valence-corrected chi connectivity index (χ0v) is 15.5. The molecule has 9 heteroatoms. The molecule has 0 aliphatic carbocycles. The molecule has 3 atom stereocenters. The molecule has 0 aromatic carbocycles. The first-order valence-corrected chi connectivity index (χ1v) is 9.60. The second kappa shape index (κ2) is 7.96. The molecule has 142 valence electrons. The van der Waals surface area contributed by atoms with Gasteiger partial charge in [-0.05, 0) is 24.5 Å². The maximum absolute atomic E-state index is 12.6. The van der Waals surface area contributed by atoms with Gasteiger partial charge in [0, 0.05) is 24.2 Å². The SMILES string of the molecule is C=CS(=O)(=O)[C@H]1C[C@@](CCC(=O)OC)(C(=O)OC)N[C@H]1c1cccnc1. The van der Waals surface area contributed by atoms with Crippen LogP contribution in [0.2, 0.25) is 0 Å². The number of hydrogen-bond donors (Lipinski definition) is 1. The summed E-state index contributed by atoms with van der Waals surface area (Å²) in [6.45, 7) is 3.38. The maximum Gasteiger partial charge on any atom is 0.326 e. The molecule has 8 nitrogen and oxygen atoms in total. The Kier molecular flexibility index (Phi) is 6.14. The van der Waals surface area contributed by atoms with Gasteiger partial charge in [-0.25, -0.2) is 8.42 Å². The molecule has 2 heterocycles. The molecule has 0 bridgehead atoms. The lowest BCUT2D eigenvalue weighted by Gasteiger charge is -2.27. The molecule has 1 N–H and O–H groups in total. The molecule has 1 aromatic rings. The summed E-state index contributed by atoms with van der Waals surface area (Å²) in [5.41, 5.74) is -0.712. The zero-order chi connectivity index (χ0) is 19.4. The maximum atomic E-state index is 12.6. The Hall–Kier alpha value is -2.26. The van der Waals surface area contributed by atoms with Crippen LogP contribution in [0, 0.1) is 0 Å². The van der Waals surface area contributed by atoms with Crippen molar-refractivity contribution < 1.29 is 27.5 Å². The molecular formula is C17H22N2O6S. The number of aromatic nitrogens is 1. The monoisotopic (exact) mass is 382 g/mol. The first-order valence-electron chi connectivity index (χ1n) is 7.99. The van der Waals surface area contributed by atoms with Gasteiger partial charge >= 0.3 is 11.9 Å². The lowest BCUT2D eigenvalue weighted by atomic mass is 9.91. The zero-order valence-electron chi connectivity index (χ0n) is 14.7. The van der Waals surface area contributed by atoms with E-state index in [0.29, 0.717) is 5.56 Å². The average molecular weight is 382 g/mol. The average Bonchev–Trinajstić information content (AvgIpc) is 3.08. The molecule has 0 spiro atoms. The van der Waals surface area contributed by atoms with E-state index < -0.39 is 38.6 Å². The van der Waals surface area contributed by atoms with Crippen LogP contribution in [-0.2, 0) is 28.9 Å². The van der Waals surface area contributed by atoms with E-state index in [0.717, 1.165) is 5.41 Å². The van der Waals surface area contributed by atoms with Gasteiger partial charge in [-0.1, -0.05) is 12.6 Å². The fraction of sp³-hybridized carbons (Fsp3) is 0.471. The summed E-state index contributed by atoms with van der Waals surface area (Å²) in [7, 11) is -1.23. The number of esters is 2. The Labute approximate surface area is 152 Å². The largest absolute Gasteiger partial charge is 0.469 e. The minimum Gasteiger partial charge on any atom is -0.469 e. The fourth-order valence-electron chi connectivity index (χ4n) is 3.23. The van der Waals surface area contributed by atoms with E-state index in [1.165, 1.54) is 20.4 Å². The van der Waals surface area contributed by atoms with Gasteiger partial charge in [-0.3, -0.25) is 19.9 Å². The van der Waals surface area contributed by atoms with Crippen LogP contribution < -0.4 is 5.32 Å². The fourth-order valence-corrected chi connectivity index (χ4v) is 4.60. The minimum atomic E-state index is -3.70. The number of nitrogens with zero attached hydrogens (tertiary/aromatic N) is 1.